The number of hydrogen-bond acceptors (Lipinski definition) is 3. The van der Waals surface area contributed by atoms with E-state index < -0.39 is 0 Å². The van der Waals surface area contributed by atoms with Crippen molar-refractivity contribution >= 4 is 17.7 Å². The average molecular weight is 214 g/mol. The van der Waals surface area contributed by atoms with E-state index in [4.69, 9.17) is 22.1 Å². The van der Waals surface area contributed by atoms with Crippen LogP contribution >= 0.6 is 11.6 Å². The number of phenols is 1. The van der Waals surface area contributed by atoms with Crippen LogP contribution in [0.1, 0.15) is 5.56 Å². The quantitative estimate of drug-likeness (QED) is 0.808. The van der Waals surface area contributed by atoms with Gasteiger partial charge in [0.2, 0.25) is 0 Å². The minimum atomic E-state index is 0.0635. The summed E-state index contributed by atoms with van der Waals surface area (Å²) in [6.07, 6.45) is 3.51. The molecule has 0 aliphatic rings. The molecule has 14 heavy (non-hydrogen) atoms. The van der Waals surface area contributed by atoms with Crippen LogP contribution in [0.3, 0.4) is 0 Å². The van der Waals surface area contributed by atoms with E-state index in [2.05, 4.69) is 0 Å². The fourth-order valence-electron chi connectivity index (χ4n) is 1.05. The van der Waals surface area contributed by atoms with Crippen LogP contribution in [0, 0.1) is 0 Å². The molecule has 0 atom stereocenters. The number of hydrogen-bond donors (Lipinski definition) is 2. The molecule has 0 fully saturated rings. The van der Waals surface area contributed by atoms with E-state index in [9.17, 15) is 5.11 Å². The maximum atomic E-state index is 9.47. The van der Waals surface area contributed by atoms with E-state index in [0.717, 1.165) is 5.56 Å². The number of benzene rings is 1. The Kier molecular flexibility index (Phi) is 3.80. The zero-order valence-corrected chi connectivity index (χ0v) is 8.58. The molecule has 1 rings (SSSR count). The molecule has 0 aliphatic heterocycles. The van der Waals surface area contributed by atoms with Gasteiger partial charge in [0.15, 0.2) is 11.5 Å². The van der Waals surface area contributed by atoms with Crippen LogP contribution in [0.5, 0.6) is 11.5 Å². The molecule has 1 aromatic rings. The first-order valence-corrected chi connectivity index (χ1v) is 4.50. The molecule has 0 spiro atoms. The molecule has 4 heteroatoms. The summed E-state index contributed by atoms with van der Waals surface area (Å²) in [5.41, 5.74) is 6.02. The van der Waals surface area contributed by atoms with E-state index in [1.165, 1.54) is 13.2 Å². The van der Waals surface area contributed by atoms with Crippen LogP contribution in [0.25, 0.3) is 6.08 Å². The van der Waals surface area contributed by atoms with Crippen LogP contribution in [-0.4, -0.2) is 18.8 Å². The largest absolute Gasteiger partial charge is 0.504 e. The molecule has 0 saturated carbocycles. The molecule has 0 aromatic heterocycles. The van der Waals surface area contributed by atoms with Crippen molar-refractivity contribution in [2.24, 2.45) is 5.73 Å². The molecule has 0 saturated heterocycles. The maximum absolute atomic E-state index is 9.47. The Morgan fingerprint density at radius 3 is 2.86 bits per heavy atom. The normalized spacial score (nSPS) is 10.8. The average Bonchev–Trinajstić information content (AvgIpc) is 2.18. The summed E-state index contributed by atoms with van der Waals surface area (Å²) in [6.45, 7) is 0.434. The van der Waals surface area contributed by atoms with Crippen molar-refractivity contribution in [2.45, 2.75) is 0 Å². The van der Waals surface area contributed by atoms with Gasteiger partial charge in [0, 0.05) is 12.6 Å². The number of nitrogens with two attached hydrogens (primary N) is 1. The van der Waals surface area contributed by atoms with Crippen LogP contribution in [0.15, 0.2) is 18.2 Å². The van der Waals surface area contributed by atoms with Crippen molar-refractivity contribution in [3.8, 4) is 11.5 Å². The number of aromatic hydroxyl groups is 1. The van der Waals surface area contributed by atoms with Crippen molar-refractivity contribution in [3.63, 3.8) is 0 Å². The summed E-state index contributed by atoms with van der Waals surface area (Å²) < 4.78 is 4.90. The van der Waals surface area contributed by atoms with Crippen molar-refractivity contribution in [2.75, 3.05) is 13.7 Å². The Morgan fingerprint density at radius 2 is 2.29 bits per heavy atom. The SMILES string of the molecule is COc1cc(Cl)c(/C=C/CN)cc1O. The zero-order valence-electron chi connectivity index (χ0n) is 7.83. The van der Waals surface area contributed by atoms with Gasteiger partial charge in [-0.15, -0.1) is 0 Å². The number of ether oxygens (including phenoxy) is 1. The monoisotopic (exact) mass is 213 g/mol. The van der Waals surface area contributed by atoms with Gasteiger partial charge in [-0.3, -0.25) is 0 Å². The molecular weight excluding hydrogens is 202 g/mol. The summed E-state index contributed by atoms with van der Waals surface area (Å²) in [5, 5.41) is 9.98. The van der Waals surface area contributed by atoms with Gasteiger partial charge < -0.3 is 15.6 Å². The molecule has 0 heterocycles. The Morgan fingerprint density at radius 1 is 1.57 bits per heavy atom. The molecule has 3 nitrogen and oxygen atoms in total. The van der Waals surface area contributed by atoms with Crippen LogP contribution in [0.4, 0.5) is 0 Å². The number of methoxy groups -OCH3 is 1. The first kappa shape index (κ1) is 10.9. The Balaban J connectivity index is 3.08. The van der Waals surface area contributed by atoms with Gasteiger partial charge in [-0.2, -0.15) is 0 Å². The zero-order chi connectivity index (χ0) is 10.6. The predicted molar refractivity (Wildman–Crippen MR) is 57.8 cm³/mol. The molecular formula is C10H12ClNO2. The third-order valence-electron chi connectivity index (χ3n) is 1.73. The molecule has 0 bridgehead atoms. The molecule has 1 aromatic carbocycles. The second-order valence-corrected chi connectivity index (χ2v) is 3.09. The fraction of sp³-hybridized carbons (Fsp3) is 0.200. The second kappa shape index (κ2) is 4.88. The molecule has 0 unspecified atom stereocenters. The van der Waals surface area contributed by atoms with Crippen LogP contribution < -0.4 is 10.5 Å². The topological polar surface area (TPSA) is 55.5 Å². The van der Waals surface area contributed by atoms with Crippen molar-refractivity contribution in [3.05, 3.63) is 28.8 Å². The first-order chi connectivity index (χ1) is 6.69. The van der Waals surface area contributed by atoms with E-state index in [1.807, 2.05) is 0 Å². The lowest BCUT2D eigenvalue weighted by atomic mass is 10.2. The number of halogens is 1. The Bertz CT molecular complexity index is 350. The molecule has 0 amide bonds. The van der Waals surface area contributed by atoms with Crippen molar-refractivity contribution in [1.82, 2.24) is 0 Å². The predicted octanol–water partition coefficient (Wildman–Crippen LogP) is 2.03. The third-order valence-corrected chi connectivity index (χ3v) is 2.06. The van der Waals surface area contributed by atoms with Crippen molar-refractivity contribution in [1.29, 1.82) is 0 Å². The lowest BCUT2D eigenvalue weighted by molar-refractivity contribution is 0.373. The molecule has 3 N–H and O–H groups in total. The van der Waals surface area contributed by atoms with Gasteiger partial charge in [-0.05, 0) is 11.6 Å². The van der Waals surface area contributed by atoms with Gasteiger partial charge in [-0.25, -0.2) is 0 Å². The van der Waals surface area contributed by atoms with E-state index in [0.29, 0.717) is 17.3 Å². The highest BCUT2D eigenvalue weighted by molar-refractivity contribution is 6.32. The van der Waals surface area contributed by atoms with Gasteiger partial charge in [0.05, 0.1) is 12.1 Å². The maximum Gasteiger partial charge on any atom is 0.162 e. The number of phenolic OH excluding ortho intramolecular Hbond substituents is 1. The summed E-state index contributed by atoms with van der Waals surface area (Å²) in [6, 6.07) is 3.10. The summed E-state index contributed by atoms with van der Waals surface area (Å²) in [4.78, 5) is 0. The Labute approximate surface area is 87.8 Å². The highest BCUT2D eigenvalue weighted by Crippen LogP contribution is 2.32. The summed E-state index contributed by atoms with van der Waals surface area (Å²) in [7, 11) is 1.47. The lowest BCUT2D eigenvalue weighted by Crippen LogP contribution is -1.92. The van der Waals surface area contributed by atoms with Gasteiger partial charge in [0.1, 0.15) is 0 Å². The van der Waals surface area contributed by atoms with E-state index >= 15 is 0 Å². The molecule has 0 radical (unpaired) electrons. The smallest absolute Gasteiger partial charge is 0.162 e. The second-order valence-electron chi connectivity index (χ2n) is 2.68. The molecule has 76 valence electrons. The van der Waals surface area contributed by atoms with Gasteiger partial charge in [0.25, 0.3) is 0 Å². The van der Waals surface area contributed by atoms with E-state index in [1.54, 1.807) is 18.2 Å². The highest BCUT2D eigenvalue weighted by atomic mass is 35.5. The minimum absolute atomic E-state index is 0.0635. The van der Waals surface area contributed by atoms with Crippen molar-refractivity contribution < 1.29 is 9.84 Å². The third kappa shape index (κ3) is 2.40. The standard InChI is InChI=1S/C10H12ClNO2/c1-14-10-6-8(11)7(3-2-4-12)5-9(10)13/h2-3,5-6,13H,4,12H2,1H3/b3-2+. The fourth-order valence-corrected chi connectivity index (χ4v) is 1.26. The summed E-state index contributed by atoms with van der Waals surface area (Å²) >= 11 is 5.93. The highest BCUT2D eigenvalue weighted by Gasteiger charge is 2.05. The lowest BCUT2D eigenvalue weighted by Gasteiger charge is -2.05. The Hall–Kier alpha value is -1.19. The molecule has 0 aliphatic carbocycles. The van der Waals surface area contributed by atoms with Crippen LogP contribution in [-0.2, 0) is 0 Å². The summed E-state index contributed by atoms with van der Waals surface area (Å²) in [5.74, 6) is 0.425. The van der Waals surface area contributed by atoms with Gasteiger partial charge >= 0.3 is 0 Å². The first-order valence-electron chi connectivity index (χ1n) is 4.12. The minimum Gasteiger partial charge on any atom is -0.504 e. The van der Waals surface area contributed by atoms with Crippen LogP contribution in [0.2, 0.25) is 5.02 Å². The van der Waals surface area contributed by atoms with Gasteiger partial charge in [-0.1, -0.05) is 23.8 Å². The van der Waals surface area contributed by atoms with E-state index in [-0.39, 0.29) is 5.75 Å². The number of rotatable bonds is 3.